The van der Waals surface area contributed by atoms with Gasteiger partial charge in [-0.2, -0.15) is 0 Å². The maximum absolute atomic E-state index is 14.0. The third-order valence-corrected chi connectivity index (χ3v) is 12.5. The summed E-state index contributed by atoms with van der Waals surface area (Å²) in [5, 5.41) is 0. The molecule has 1 aliphatic carbocycles. The van der Waals surface area contributed by atoms with Crippen molar-refractivity contribution in [2.45, 2.75) is 74.7 Å². The Morgan fingerprint density at radius 3 is 2.13 bits per heavy atom. The highest BCUT2D eigenvalue weighted by molar-refractivity contribution is 7.94. The average Bonchev–Trinajstić information content (AvgIpc) is 3.07. The molecule has 2 aromatic rings. The number of hydrogen-bond acceptors (Lipinski definition) is 8. The number of ether oxygens (including phenoxy) is 1. The van der Waals surface area contributed by atoms with Crippen LogP contribution in [-0.2, 0) is 16.1 Å². The summed E-state index contributed by atoms with van der Waals surface area (Å²) < 4.78 is 27.4. The summed E-state index contributed by atoms with van der Waals surface area (Å²) in [6.07, 6.45) is 11.5. The predicted octanol–water partition coefficient (Wildman–Crippen LogP) is 6.51. The highest BCUT2D eigenvalue weighted by atomic mass is 32.2. The monoisotopic (exact) mass is 655 g/mol. The largest absolute Gasteiger partial charge is 0.593 e. The third-order valence-electron chi connectivity index (χ3n) is 9.90. The van der Waals surface area contributed by atoms with Gasteiger partial charge in [0.25, 0.3) is 0 Å². The zero-order valence-corrected chi connectivity index (χ0v) is 29.7. The lowest BCUT2D eigenvalue weighted by molar-refractivity contribution is 0.0664. The van der Waals surface area contributed by atoms with E-state index in [0.29, 0.717) is 12.5 Å². The Kier molecular flexibility index (Phi) is 14.2. The first-order valence-corrected chi connectivity index (χ1v) is 19.2. The molecule has 2 heterocycles. The lowest BCUT2D eigenvalue weighted by Gasteiger charge is -2.37. The van der Waals surface area contributed by atoms with Crippen molar-refractivity contribution in [1.82, 2.24) is 17.8 Å². The van der Waals surface area contributed by atoms with Crippen LogP contribution in [0.15, 0.2) is 59.5 Å². The summed E-state index contributed by atoms with van der Waals surface area (Å²) in [6.45, 7) is 8.97. The van der Waals surface area contributed by atoms with Crippen LogP contribution in [0.2, 0.25) is 0 Å². The van der Waals surface area contributed by atoms with E-state index >= 15 is 0 Å². The van der Waals surface area contributed by atoms with Crippen LogP contribution in [0.1, 0.15) is 69.3 Å². The molecule has 0 amide bonds. The van der Waals surface area contributed by atoms with Crippen LogP contribution in [0.4, 0.5) is 5.69 Å². The number of anilines is 1. The summed E-state index contributed by atoms with van der Waals surface area (Å²) in [6, 6.07) is 19.2. The van der Waals surface area contributed by atoms with Crippen LogP contribution >= 0.6 is 12.1 Å². The highest BCUT2D eigenvalue weighted by Gasteiger charge is 2.30. The topological polar surface area (TPSA) is 48.5 Å². The van der Waals surface area contributed by atoms with Gasteiger partial charge in [0.15, 0.2) is 4.90 Å². The number of methoxy groups -OCH3 is 1. The van der Waals surface area contributed by atoms with Crippen LogP contribution in [0, 0.1) is 5.92 Å². The molecule has 7 nitrogen and oxygen atoms in total. The molecule has 2 aromatic carbocycles. The summed E-state index contributed by atoms with van der Waals surface area (Å²) in [5.74, 6) is 1.49. The van der Waals surface area contributed by atoms with Gasteiger partial charge in [-0.1, -0.05) is 49.6 Å². The van der Waals surface area contributed by atoms with E-state index in [2.05, 4.69) is 65.2 Å². The van der Waals surface area contributed by atoms with Gasteiger partial charge in [-0.25, -0.2) is 8.61 Å². The fourth-order valence-electron chi connectivity index (χ4n) is 7.21. The van der Waals surface area contributed by atoms with Crippen molar-refractivity contribution in [1.29, 1.82) is 0 Å². The molecule has 0 N–H and O–H groups in total. The molecule has 2 unspecified atom stereocenters. The van der Waals surface area contributed by atoms with Crippen LogP contribution in [-0.4, -0.2) is 109 Å². The lowest BCUT2D eigenvalue weighted by atomic mass is 9.89. The molecule has 0 spiro atoms. The van der Waals surface area contributed by atoms with Crippen LogP contribution in [0.5, 0.6) is 0 Å². The van der Waals surface area contributed by atoms with Gasteiger partial charge in [-0.05, 0) is 93.3 Å². The van der Waals surface area contributed by atoms with Gasteiger partial charge in [0.2, 0.25) is 0 Å². The quantitative estimate of drug-likeness (QED) is 0.224. The molecular weight excluding hydrogens is 599 g/mol. The molecule has 250 valence electrons. The Morgan fingerprint density at radius 2 is 1.47 bits per heavy atom. The van der Waals surface area contributed by atoms with E-state index < -0.39 is 11.4 Å². The molecule has 5 rings (SSSR count). The second-order valence-corrected chi connectivity index (χ2v) is 16.2. The molecule has 45 heavy (non-hydrogen) atoms. The number of nitrogens with zero attached hydrogens (tertiary/aromatic N) is 5. The first-order chi connectivity index (χ1) is 22.0. The van der Waals surface area contributed by atoms with Gasteiger partial charge < -0.3 is 19.1 Å². The standard InChI is InChI=1S/C36H57N5O2S2/c1-37(2)34-16-18-36(19-17-34)45(42)41-25-11-23-38(28-31-12-6-4-7-13-31)22-10-24-40(29-35(30-41)43-3)44-39-26-20-33(21-27-39)32-14-8-5-9-15-32/h5,8-9,14-19,31,33,35H,4,6-7,10-13,20-30H2,1-3H3. The van der Waals surface area contributed by atoms with Crippen molar-refractivity contribution >= 4 is 29.2 Å². The minimum Gasteiger partial charge on any atom is -0.593 e. The third kappa shape index (κ3) is 10.9. The Labute approximate surface area is 281 Å². The van der Waals surface area contributed by atoms with Crippen molar-refractivity contribution in [3.05, 3.63) is 60.2 Å². The normalized spacial score (nSPS) is 24.1. The molecule has 2 saturated heterocycles. The zero-order valence-electron chi connectivity index (χ0n) is 28.0. The SMILES string of the molecule is COC1CN(SN2CCC(c3ccccc3)CC2)CCCN(CC2CCCCC2)CCCN([S+]([O-])c2ccc(N(C)C)cc2)C1. The Morgan fingerprint density at radius 1 is 0.778 bits per heavy atom. The van der Waals surface area contributed by atoms with Gasteiger partial charge in [-0.15, -0.1) is 4.31 Å². The van der Waals surface area contributed by atoms with Gasteiger partial charge in [0.05, 0.1) is 24.0 Å². The molecule has 1 saturated carbocycles. The molecule has 2 atom stereocenters. The maximum Gasteiger partial charge on any atom is 0.174 e. The van der Waals surface area contributed by atoms with Crippen LogP contribution < -0.4 is 4.90 Å². The summed E-state index contributed by atoms with van der Waals surface area (Å²) in [4.78, 5) is 5.68. The first-order valence-electron chi connectivity index (χ1n) is 17.4. The van der Waals surface area contributed by atoms with E-state index in [-0.39, 0.29) is 6.10 Å². The average molecular weight is 656 g/mol. The van der Waals surface area contributed by atoms with Crippen molar-refractivity contribution in [3.63, 3.8) is 0 Å². The zero-order chi connectivity index (χ0) is 31.4. The first kappa shape index (κ1) is 35.0. The van der Waals surface area contributed by atoms with E-state index in [1.165, 1.54) is 63.5 Å². The molecule has 3 fully saturated rings. The van der Waals surface area contributed by atoms with Gasteiger partial charge >= 0.3 is 0 Å². The number of hydrogen-bond donors (Lipinski definition) is 0. The Hall–Kier alpha value is -1.30. The lowest BCUT2D eigenvalue weighted by Crippen LogP contribution is -2.45. The predicted molar refractivity (Wildman–Crippen MR) is 191 cm³/mol. The molecule has 3 aliphatic rings. The summed E-state index contributed by atoms with van der Waals surface area (Å²) in [7, 11) is 5.91. The van der Waals surface area contributed by atoms with Gasteiger partial charge in [0, 0.05) is 78.3 Å². The van der Waals surface area contributed by atoms with Crippen molar-refractivity contribution < 1.29 is 9.29 Å². The van der Waals surface area contributed by atoms with Crippen molar-refractivity contribution in [3.8, 4) is 0 Å². The number of piperidine rings is 1. The van der Waals surface area contributed by atoms with Crippen LogP contribution in [0.25, 0.3) is 0 Å². The smallest absolute Gasteiger partial charge is 0.174 e. The van der Waals surface area contributed by atoms with E-state index in [1.807, 2.05) is 45.5 Å². The molecular formula is C36H57N5O2S2. The van der Waals surface area contributed by atoms with E-state index in [1.54, 1.807) is 0 Å². The van der Waals surface area contributed by atoms with E-state index in [0.717, 1.165) is 68.7 Å². The molecule has 0 radical (unpaired) electrons. The number of rotatable bonds is 9. The van der Waals surface area contributed by atoms with Gasteiger partial charge in [-0.3, -0.25) is 0 Å². The summed E-state index contributed by atoms with van der Waals surface area (Å²) >= 11 is 0.692. The van der Waals surface area contributed by atoms with Gasteiger partial charge in [0.1, 0.15) is 0 Å². The highest BCUT2D eigenvalue weighted by Crippen LogP contribution is 2.32. The summed E-state index contributed by atoms with van der Waals surface area (Å²) in [5.41, 5.74) is 2.61. The van der Waals surface area contributed by atoms with Crippen molar-refractivity contribution in [2.75, 3.05) is 85.0 Å². The molecule has 0 bridgehead atoms. The molecule has 9 heteroatoms. The van der Waals surface area contributed by atoms with E-state index in [4.69, 9.17) is 4.74 Å². The fourth-order valence-corrected chi connectivity index (χ4v) is 9.62. The molecule has 0 aromatic heterocycles. The second kappa shape index (κ2) is 18.3. The fraction of sp³-hybridized carbons (Fsp3) is 0.667. The Balaban J connectivity index is 1.26. The van der Waals surface area contributed by atoms with Crippen molar-refractivity contribution in [2.24, 2.45) is 5.92 Å². The van der Waals surface area contributed by atoms with E-state index in [9.17, 15) is 4.55 Å². The number of benzene rings is 2. The second-order valence-electron chi connectivity index (χ2n) is 13.5. The minimum atomic E-state index is -1.23. The Bertz CT molecular complexity index is 1100. The minimum absolute atomic E-state index is 0.0119. The molecule has 2 aliphatic heterocycles. The van der Waals surface area contributed by atoms with Crippen LogP contribution in [0.3, 0.4) is 0 Å². The maximum atomic E-state index is 14.0.